The van der Waals surface area contributed by atoms with Gasteiger partial charge < -0.3 is 24.7 Å². The highest BCUT2D eigenvalue weighted by molar-refractivity contribution is 6.31. The van der Waals surface area contributed by atoms with Crippen LogP contribution in [0, 0.1) is 13.8 Å². The Morgan fingerprint density at radius 1 is 1.29 bits per heavy atom. The van der Waals surface area contributed by atoms with Crippen molar-refractivity contribution in [3.05, 3.63) is 56.0 Å². The van der Waals surface area contributed by atoms with Crippen LogP contribution in [0.2, 0.25) is 5.02 Å². The van der Waals surface area contributed by atoms with Crippen LogP contribution in [0.5, 0.6) is 5.75 Å². The lowest BCUT2D eigenvalue weighted by Crippen LogP contribution is -2.40. The molecular formula is C23H30ClN3O4. The lowest BCUT2D eigenvalue weighted by molar-refractivity contribution is 0.0845. The van der Waals surface area contributed by atoms with Crippen LogP contribution in [0.1, 0.15) is 46.9 Å². The smallest absolute Gasteiger partial charge is 0.255 e. The van der Waals surface area contributed by atoms with E-state index < -0.39 is 0 Å². The first-order valence-corrected chi connectivity index (χ1v) is 10.9. The van der Waals surface area contributed by atoms with Crippen LogP contribution in [0.15, 0.2) is 23.0 Å². The van der Waals surface area contributed by atoms with E-state index in [9.17, 15) is 9.59 Å². The third kappa shape index (κ3) is 5.22. The van der Waals surface area contributed by atoms with Gasteiger partial charge >= 0.3 is 0 Å². The van der Waals surface area contributed by atoms with E-state index in [-0.39, 0.29) is 24.1 Å². The van der Waals surface area contributed by atoms with Gasteiger partial charge in [0.15, 0.2) is 5.75 Å². The molecule has 2 aromatic rings. The number of anilines is 1. The average Bonchev–Trinajstić information content (AvgIpc) is 2.73. The number of H-pyrrole nitrogens is 1. The zero-order valence-electron chi connectivity index (χ0n) is 18.5. The minimum Gasteiger partial charge on any atom is -0.494 e. The van der Waals surface area contributed by atoms with Crippen molar-refractivity contribution in [2.24, 2.45) is 0 Å². The van der Waals surface area contributed by atoms with Crippen LogP contribution in [-0.2, 0) is 11.3 Å². The second-order valence-corrected chi connectivity index (χ2v) is 8.20. The summed E-state index contributed by atoms with van der Waals surface area (Å²) in [7, 11) is 1.55. The van der Waals surface area contributed by atoms with Crippen molar-refractivity contribution in [1.29, 1.82) is 0 Å². The van der Waals surface area contributed by atoms with Crippen LogP contribution < -0.4 is 20.5 Å². The first-order valence-electron chi connectivity index (χ1n) is 10.5. The fraction of sp³-hybridized carbons (Fsp3) is 0.478. The molecule has 8 heteroatoms. The van der Waals surface area contributed by atoms with Crippen LogP contribution in [-0.4, -0.2) is 43.8 Å². The molecule has 0 bridgehead atoms. The number of ether oxygens (including phenoxy) is 2. The molecule has 1 saturated heterocycles. The van der Waals surface area contributed by atoms with E-state index in [0.717, 1.165) is 36.3 Å². The summed E-state index contributed by atoms with van der Waals surface area (Å²) in [6, 6.07) is 5.61. The minimum atomic E-state index is -0.344. The van der Waals surface area contributed by atoms with Crippen LogP contribution in [0.3, 0.4) is 0 Å². The summed E-state index contributed by atoms with van der Waals surface area (Å²) in [5.41, 5.74) is 3.07. The van der Waals surface area contributed by atoms with Crippen molar-refractivity contribution in [1.82, 2.24) is 10.3 Å². The largest absolute Gasteiger partial charge is 0.494 e. The number of amides is 1. The Morgan fingerprint density at radius 3 is 2.61 bits per heavy atom. The Kier molecular flexibility index (Phi) is 7.62. The van der Waals surface area contributed by atoms with Gasteiger partial charge in [-0.05, 0) is 57.4 Å². The first-order chi connectivity index (χ1) is 14.8. The average molecular weight is 448 g/mol. The third-order valence-electron chi connectivity index (χ3n) is 5.68. The highest BCUT2D eigenvalue weighted by Crippen LogP contribution is 2.37. The van der Waals surface area contributed by atoms with E-state index in [2.05, 4.69) is 22.1 Å². The molecule has 168 valence electrons. The number of aromatic amines is 1. The van der Waals surface area contributed by atoms with Crippen molar-refractivity contribution >= 4 is 23.2 Å². The second kappa shape index (κ2) is 10.2. The Hall–Kier alpha value is -2.51. The van der Waals surface area contributed by atoms with Gasteiger partial charge in [-0.1, -0.05) is 11.6 Å². The molecule has 0 atom stereocenters. The lowest BCUT2D eigenvalue weighted by atomic mass is 10.0. The molecule has 3 rings (SSSR count). The molecule has 0 unspecified atom stereocenters. The molecule has 31 heavy (non-hydrogen) atoms. The number of halogens is 1. The number of aryl methyl sites for hydroxylation is 2. The van der Waals surface area contributed by atoms with Crippen molar-refractivity contribution < 1.29 is 14.3 Å². The molecule has 1 aliphatic rings. The first kappa shape index (κ1) is 23.2. The second-order valence-electron chi connectivity index (χ2n) is 7.76. The molecule has 0 radical (unpaired) electrons. The standard InChI is InChI=1S/C23H30ClN3O4/c1-5-27(17-6-8-31-9-7-17)20-12-16(24)11-18(21(20)30-4)22(28)25-13-19-14(2)10-15(3)26-23(19)29/h10-12,17H,5-9,13H2,1-4H3,(H,25,28)(H,26,29). The Balaban J connectivity index is 1.90. The number of hydrogen-bond donors (Lipinski definition) is 2. The number of benzene rings is 1. The van der Waals surface area contributed by atoms with Gasteiger partial charge in [0.25, 0.3) is 11.5 Å². The number of carbonyl (C=O) groups excluding carboxylic acids is 1. The quantitative estimate of drug-likeness (QED) is 0.677. The SMILES string of the molecule is CCN(c1cc(Cl)cc(C(=O)NCc2c(C)cc(C)[nH]c2=O)c1OC)C1CCOCC1. The minimum absolute atomic E-state index is 0.114. The van der Waals surface area contributed by atoms with E-state index in [1.165, 1.54) is 0 Å². The molecule has 7 nitrogen and oxygen atoms in total. The van der Waals surface area contributed by atoms with Crippen LogP contribution in [0.4, 0.5) is 5.69 Å². The Bertz CT molecular complexity index is 999. The summed E-state index contributed by atoms with van der Waals surface area (Å²) in [6.07, 6.45) is 1.81. The van der Waals surface area contributed by atoms with Gasteiger partial charge in [-0.15, -0.1) is 0 Å². The summed E-state index contributed by atoms with van der Waals surface area (Å²) in [4.78, 5) is 30.3. The van der Waals surface area contributed by atoms with Crippen LogP contribution >= 0.6 is 11.6 Å². The maximum atomic E-state index is 13.1. The van der Waals surface area contributed by atoms with E-state index in [4.69, 9.17) is 21.1 Å². The zero-order valence-corrected chi connectivity index (χ0v) is 19.3. The molecule has 1 fully saturated rings. The number of hydrogen-bond acceptors (Lipinski definition) is 5. The monoisotopic (exact) mass is 447 g/mol. The topological polar surface area (TPSA) is 83.7 Å². The Morgan fingerprint density at radius 2 is 2.00 bits per heavy atom. The fourth-order valence-electron chi connectivity index (χ4n) is 4.16. The zero-order chi connectivity index (χ0) is 22.5. The van der Waals surface area contributed by atoms with Crippen molar-refractivity contribution in [3.63, 3.8) is 0 Å². The predicted octanol–water partition coefficient (Wildman–Crippen LogP) is 3.59. The summed E-state index contributed by atoms with van der Waals surface area (Å²) in [5, 5.41) is 3.30. The molecule has 2 heterocycles. The van der Waals surface area contributed by atoms with Crippen molar-refractivity contribution in [3.8, 4) is 5.75 Å². The van der Waals surface area contributed by atoms with E-state index in [0.29, 0.717) is 35.1 Å². The van der Waals surface area contributed by atoms with Gasteiger partial charge in [-0.2, -0.15) is 0 Å². The molecule has 0 saturated carbocycles. The van der Waals surface area contributed by atoms with Crippen LogP contribution in [0.25, 0.3) is 0 Å². The van der Waals surface area contributed by atoms with E-state index >= 15 is 0 Å². The number of methoxy groups -OCH3 is 1. The molecule has 1 aliphatic heterocycles. The highest BCUT2D eigenvalue weighted by atomic mass is 35.5. The summed E-state index contributed by atoms with van der Waals surface area (Å²) >= 11 is 6.41. The summed E-state index contributed by atoms with van der Waals surface area (Å²) in [5.74, 6) is 0.132. The molecule has 1 amide bonds. The third-order valence-corrected chi connectivity index (χ3v) is 5.90. The molecule has 0 aliphatic carbocycles. The summed E-state index contributed by atoms with van der Waals surface area (Å²) in [6.45, 7) is 8.04. The van der Waals surface area contributed by atoms with Gasteiger partial charge in [0.05, 0.1) is 18.4 Å². The fourth-order valence-corrected chi connectivity index (χ4v) is 4.38. The maximum Gasteiger partial charge on any atom is 0.255 e. The van der Waals surface area contributed by atoms with Gasteiger partial charge in [0.1, 0.15) is 0 Å². The van der Waals surface area contributed by atoms with Crippen molar-refractivity contribution in [2.75, 3.05) is 31.8 Å². The van der Waals surface area contributed by atoms with Crippen molar-refractivity contribution in [2.45, 2.75) is 46.2 Å². The van der Waals surface area contributed by atoms with Gasteiger partial charge in [-0.25, -0.2) is 0 Å². The highest BCUT2D eigenvalue weighted by Gasteiger charge is 2.26. The number of nitrogens with zero attached hydrogens (tertiary/aromatic N) is 1. The lowest BCUT2D eigenvalue weighted by Gasteiger charge is -2.36. The predicted molar refractivity (Wildman–Crippen MR) is 123 cm³/mol. The number of nitrogens with one attached hydrogen (secondary N) is 2. The van der Waals surface area contributed by atoms with Gasteiger partial charge in [0, 0.05) is 48.6 Å². The number of rotatable bonds is 7. The van der Waals surface area contributed by atoms with E-state index in [1.54, 1.807) is 13.2 Å². The number of carbonyl (C=O) groups is 1. The molecule has 1 aromatic heterocycles. The maximum absolute atomic E-state index is 13.1. The normalized spacial score (nSPS) is 14.4. The number of pyridine rings is 1. The summed E-state index contributed by atoms with van der Waals surface area (Å²) < 4.78 is 11.2. The van der Waals surface area contributed by atoms with Gasteiger partial charge in [-0.3, -0.25) is 9.59 Å². The van der Waals surface area contributed by atoms with Gasteiger partial charge in [0.2, 0.25) is 0 Å². The Labute approximate surface area is 187 Å². The molecule has 0 spiro atoms. The molecular weight excluding hydrogens is 418 g/mol. The number of aromatic nitrogens is 1. The molecule has 1 aromatic carbocycles. The van der Waals surface area contributed by atoms with E-state index in [1.807, 2.05) is 26.0 Å². The molecule has 2 N–H and O–H groups in total.